The van der Waals surface area contributed by atoms with Crippen molar-refractivity contribution in [3.8, 4) is 0 Å². The molecule has 1 aliphatic heterocycles. The van der Waals surface area contributed by atoms with Gasteiger partial charge in [-0.25, -0.2) is 0 Å². The number of hydrogen-bond acceptors (Lipinski definition) is 4. The van der Waals surface area contributed by atoms with Crippen LogP contribution in [0.4, 0.5) is 0 Å². The molecule has 1 amide bonds. The van der Waals surface area contributed by atoms with Gasteiger partial charge in [0.15, 0.2) is 5.96 Å². The Hall–Kier alpha value is -2.17. The van der Waals surface area contributed by atoms with Crippen LogP contribution in [-0.2, 0) is 24.4 Å². The van der Waals surface area contributed by atoms with E-state index in [0.29, 0.717) is 18.7 Å². The highest BCUT2D eigenvalue weighted by molar-refractivity contribution is 14.0. The fraction of sp³-hybridized carbons (Fsp3) is 0.391. The Bertz CT molecular complexity index is 869. The van der Waals surface area contributed by atoms with E-state index in [0.717, 1.165) is 44.4 Å². The van der Waals surface area contributed by atoms with Crippen molar-refractivity contribution >= 4 is 35.8 Å². The zero-order valence-corrected chi connectivity index (χ0v) is 20.5. The molecule has 1 heterocycles. The average Bonchev–Trinajstić information content (AvgIpc) is 2.80. The molecule has 2 aromatic rings. The third kappa shape index (κ3) is 7.79. The summed E-state index contributed by atoms with van der Waals surface area (Å²) in [6, 6.07) is 16.1. The lowest BCUT2D eigenvalue weighted by Crippen LogP contribution is -2.37. The first-order valence-electron chi connectivity index (χ1n) is 10.3. The summed E-state index contributed by atoms with van der Waals surface area (Å²) in [5, 5.41) is 9.37. The quantitative estimate of drug-likeness (QED) is 0.287. The highest BCUT2D eigenvalue weighted by Gasteiger charge is 2.13. The molecular formula is C23H32IN5O2. The Labute approximate surface area is 201 Å². The number of rotatable bonds is 7. The molecule has 0 bridgehead atoms. The number of morpholine rings is 1. The number of benzene rings is 2. The lowest BCUT2D eigenvalue weighted by atomic mass is 10.1. The van der Waals surface area contributed by atoms with E-state index in [1.54, 1.807) is 20.2 Å². The summed E-state index contributed by atoms with van der Waals surface area (Å²) in [4.78, 5) is 18.6. The molecule has 0 saturated carbocycles. The van der Waals surface area contributed by atoms with Gasteiger partial charge >= 0.3 is 0 Å². The summed E-state index contributed by atoms with van der Waals surface area (Å²) in [7, 11) is 3.39. The normalized spacial score (nSPS) is 14.5. The van der Waals surface area contributed by atoms with Crippen molar-refractivity contribution in [2.75, 3.05) is 40.4 Å². The van der Waals surface area contributed by atoms with Crippen molar-refractivity contribution < 1.29 is 9.53 Å². The molecular weight excluding hydrogens is 505 g/mol. The molecule has 0 aliphatic carbocycles. The molecule has 7 nitrogen and oxygen atoms in total. The minimum Gasteiger partial charge on any atom is -0.379 e. The maximum atomic E-state index is 11.8. The molecule has 0 atom stereocenters. The summed E-state index contributed by atoms with van der Waals surface area (Å²) in [5.74, 6) is 0.637. The van der Waals surface area contributed by atoms with E-state index < -0.39 is 0 Å². The predicted molar refractivity (Wildman–Crippen MR) is 135 cm³/mol. The van der Waals surface area contributed by atoms with E-state index in [4.69, 9.17) is 4.74 Å². The average molecular weight is 537 g/mol. The van der Waals surface area contributed by atoms with Crippen LogP contribution >= 0.6 is 24.0 Å². The molecule has 1 saturated heterocycles. The fourth-order valence-electron chi connectivity index (χ4n) is 3.44. The third-order valence-electron chi connectivity index (χ3n) is 5.16. The van der Waals surface area contributed by atoms with Gasteiger partial charge in [0.2, 0.25) is 0 Å². The summed E-state index contributed by atoms with van der Waals surface area (Å²) < 4.78 is 5.45. The predicted octanol–water partition coefficient (Wildman–Crippen LogP) is 2.36. The third-order valence-corrected chi connectivity index (χ3v) is 5.16. The molecule has 0 aromatic heterocycles. The highest BCUT2D eigenvalue weighted by Crippen LogP contribution is 2.13. The van der Waals surface area contributed by atoms with Crippen molar-refractivity contribution in [2.24, 2.45) is 4.99 Å². The second-order valence-corrected chi connectivity index (χ2v) is 7.22. The number of guanidine groups is 1. The van der Waals surface area contributed by atoms with Crippen LogP contribution in [0.3, 0.4) is 0 Å². The number of halogens is 1. The Kier molecular flexibility index (Phi) is 10.8. The van der Waals surface area contributed by atoms with Crippen molar-refractivity contribution in [3.05, 3.63) is 70.8 Å². The van der Waals surface area contributed by atoms with Gasteiger partial charge in [-0.3, -0.25) is 14.7 Å². The van der Waals surface area contributed by atoms with E-state index in [2.05, 4.69) is 50.1 Å². The zero-order valence-electron chi connectivity index (χ0n) is 18.2. The van der Waals surface area contributed by atoms with Gasteiger partial charge in [-0.15, -0.1) is 24.0 Å². The standard InChI is InChI=1S/C23H31N5O2.HI/c1-24-22(29)19-9-5-6-18(14-19)15-26-23(25-2)27-16-20-7-3-4-8-21(20)17-28-10-12-30-13-11-28;/h3-9,14H,10-13,15-17H2,1-2H3,(H,24,29)(H2,25,26,27);1H. The largest absolute Gasteiger partial charge is 0.379 e. The van der Waals surface area contributed by atoms with Crippen LogP contribution in [-0.4, -0.2) is 57.2 Å². The van der Waals surface area contributed by atoms with Crippen molar-refractivity contribution in [2.45, 2.75) is 19.6 Å². The van der Waals surface area contributed by atoms with E-state index in [1.807, 2.05) is 18.2 Å². The van der Waals surface area contributed by atoms with Crippen molar-refractivity contribution in [1.29, 1.82) is 0 Å². The van der Waals surface area contributed by atoms with Crippen molar-refractivity contribution in [1.82, 2.24) is 20.9 Å². The Morgan fingerprint density at radius 3 is 2.45 bits per heavy atom. The van der Waals surface area contributed by atoms with Crippen LogP contribution < -0.4 is 16.0 Å². The number of nitrogens with one attached hydrogen (secondary N) is 3. The Morgan fingerprint density at radius 2 is 1.74 bits per heavy atom. The van der Waals surface area contributed by atoms with Gasteiger partial charge < -0.3 is 20.7 Å². The molecule has 0 radical (unpaired) electrons. The zero-order chi connectivity index (χ0) is 21.2. The number of carbonyl (C=O) groups is 1. The number of amides is 1. The molecule has 168 valence electrons. The van der Waals surface area contributed by atoms with Crippen LogP contribution in [0.25, 0.3) is 0 Å². The molecule has 0 unspecified atom stereocenters. The molecule has 1 aliphatic rings. The topological polar surface area (TPSA) is 78.0 Å². The Morgan fingerprint density at radius 1 is 1.03 bits per heavy atom. The molecule has 31 heavy (non-hydrogen) atoms. The number of carbonyl (C=O) groups excluding carboxylic acids is 1. The molecule has 3 N–H and O–H groups in total. The highest BCUT2D eigenvalue weighted by atomic mass is 127. The number of hydrogen-bond donors (Lipinski definition) is 3. The van der Waals surface area contributed by atoms with Gasteiger partial charge in [-0.2, -0.15) is 0 Å². The van der Waals surface area contributed by atoms with E-state index in [9.17, 15) is 4.79 Å². The van der Waals surface area contributed by atoms with Crippen LogP contribution in [0.1, 0.15) is 27.0 Å². The molecule has 1 fully saturated rings. The first-order chi connectivity index (χ1) is 14.7. The first-order valence-corrected chi connectivity index (χ1v) is 10.3. The van der Waals surface area contributed by atoms with Gasteiger partial charge in [-0.05, 0) is 28.8 Å². The Balaban J connectivity index is 0.00000341. The van der Waals surface area contributed by atoms with Gasteiger partial charge in [0.05, 0.1) is 13.2 Å². The van der Waals surface area contributed by atoms with Gasteiger partial charge in [-0.1, -0.05) is 36.4 Å². The maximum absolute atomic E-state index is 11.8. The number of aliphatic imine (C=N–C) groups is 1. The van der Waals surface area contributed by atoms with Gasteiger partial charge in [0, 0.05) is 52.4 Å². The SMILES string of the molecule is CN=C(NCc1cccc(C(=O)NC)c1)NCc1ccccc1CN1CCOCC1.I. The van der Waals surface area contributed by atoms with Crippen LogP contribution in [0, 0.1) is 0 Å². The monoisotopic (exact) mass is 537 g/mol. The fourth-order valence-corrected chi connectivity index (χ4v) is 3.44. The number of nitrogens with zero attached hydrogens (tertiary/aromatic N) is 2. The number of ether oxygens (including phenoxy) is 1. The van der Waals surface area contributed by atoms with Crippen LogP contribution in [0.2, 0.25) is 0 Å². The van der Waals surface area contributed by atoms with E-state index >= 15 is 0 Å². The van der Waals surface area contributed by atoms with E-state index in [1.165, 1.54) is 11.1 Å². The molecule has 0 spiro atoms. The summed E-state index contributed by atoms with van der Waals surface area (Å²) in [6.45, 7) is 5.76. The van der Waals surface area contributed by atoms with E-state index in [-0.39, 0.29) is 29.9 Å². The lowest BCUT2D eigenvalue weighted by molar-refractivity contribution is 0.0341. The molecule has 3 rings (SSSR count). The van der Waals surface area contributed by atoms with Crippen LogP contribution in [0.15, 0.2) is 53.5 Å². The van der Waals surface area contributed by atoms with Crippen LogP contribution in [0.5, 0.6) is 0 Å². The van der Waals surface area contributed by atoms with Gasteiger partial charge in [0.25, 0.3) is 5.91 Å². The van der Waals surface area contributed by atoms with Gasteiger partial charge in [0.1, 0.15) is 0 Å². The minimum absolute atomic E-state index is 0. The lowest BCUT2D eigenvalue weighted by Gasteiger charge is -2.27. The smallest absolute Gasteiger partial charge is 0.251 e. The molecule has 8 heteroatoms. The summed E-state index contributed by atoms with van der Waals surface area (Å²) in [6.07, 6.45) is 0. The molecule has 2 aromatic carbocycles. The maximum Gasteiger partial charge on any atom is 0.251 e. The second-order valence-electron chi connectivity index (χ2n) is 7.22. The summed E-state index contributed by atoms with van der Waals surface area (Å²) in [5.41, 5.74) is 4.25. The summed E-state index contributed by atoms with van der Waals surface area (Å²) >= 11 is 0. The second kappa shape index (κ2) is 13.3. The first kappa shape index (κ1) is 25.1. The van der Waals surface area contributed by atoms with Crippen molar-refractivity contribution in [3.63, 3.8) is 0 Å². The minimum atomic E-state index is -0.0868.